The zero-order valence-electron chi connectivity index (χ0n) is 24.1. The third-order valence-electron chi connectivity index (χ3n) is 7.33. The number of aromatic nitrogens is 5. The highest BCUT2D eigenvalue weighted by Gasteiger charge is 2.40. The molecule has 9 rings (SSSR count). The van der Waals surface area contributed by atoms with Gasteiger partial charge in [0.1, 0.15) is 17.1 Å². The number of alkyl halides is 3. The fourth-order valence-electron chi connectivity index (χ4n) is 4.94. The predicted octanol–water partition coefficient (Wildman–Crippen LogP) is 4.63. The van der Waals surface area contributed by atoms with Crippen LogP contribution in [0.3, 0.4) is 0 Å². The monoisotopic (exact) mass is 644 g/mol. The molecule has 5 aliphatic rings. The van der Waals surface area contributed by atoms with E-state index in [0.717, 1.165) is 0 Å². The van der Waals surface area contributed by atoms with Gasteiger partial charge in [-0.1, -0.05) is 6.07 Å². The molecule has 0 aliphatic carbocycles. The van der Waals surface area contributed by atoms with Crippen molar-refractivity contribution in [3.8, 4) is 17.0 Å². The summed E-state index contributed by atoms with van der Waals surface area (Å²) in [6, 6.07) is 7.97. The molecular weight excluding hydrogens is 616 g/mol. The van der Waals surface area contributed by atoms with Crippen LogP contribution in [0, 0.1) is 5.41 Å². The fraction of sp³-hybridized carbons (Fsp3) is 0.321. The molecule has 3 N–H and O–H groups in total. The van der Waals surface area contributed by atoms with Gasteiger partial charge >= 0.3 is 6.18 Å². The molecule has 1 aromatic carbocycles. The molecule has 1 fully saturated rings. The minimum Gasteiger partial charge on any atom is -0.495 e. The zero-order chi connectivity index (χ0) is 31.8. The van der Waals surface area contributed by atoms with Crippen LogP contribution < -0.4 is 20.7 Å². The number of benzene rings is 1. The Kier molecular flexibility index (Phi) is 8.20. The predicted molar refractivity (Wildman–Crippen MR) is 157 cm³/mol. The van der Waals surface area contributed by atoms with Crippen LogP contribution in [0.2, 0.25) is 0 Å². The molecule has 236 valence electrons. The summed E-state index contributed by atoms with van der Waals surface area (Å²) in [5, 5.41) is 12.4. The van der Waals surface area contributed by atoms with E-state index < -0.39 is 36.9 Å². The van der Waals surface area contributed by atoms with Crippen molar-refractivity contribution >= 4 is 37.1 Å². The summed E-state index contributed by atoms with van der Waals surface area (Å²) < 4.78 is 73.5. The number of halogens is 3. The number of amides is 1. The van der Waals surface area contributed by atoms with Crippen molar-refractivity contribution in [2.45, 2.75) is 18.9 Å². The first kappa shape index (κ1) is 30.5. The van der Waals surface area contributed by atoms with E-state index in [4.69, 9.17) is 14.0 Å². The molecule has 0 radical (unpaired) electrons. The summed E-state index contributed by atoms with van der Waals surface area (Å²) in [5.74, 6) is -1.09. The van der Waals surface area contributed by atoms with Gasteiger partial charge in [-0.15, -0.1) is 0 Å². The smallest absolute Gasteiger partial charge is 0.421 e. The first-order chi connectivity index (χ1) is 21.6. The zero-order valence-corrected chi connectivity index (χ0v) is 25.1. The van der Waals surface area contributed by atoms with Gasteiger partial charge in [0, 0.05) is 31.2 Å². The Bertz CT molecular complexity index is 1780. The molecule has 0 saturated carbocycles. The molecule has 13 nitrogen and oxygen atoms in total. The van der Waals surface area contributed by atoms with E-state index in [-0.39, 0.29) is 30.1 Å². The number of anilines is 4. The molecule has 1 amide bonds. The summed E-state index contributed by atoms with van der Waals surface area (Å²) in [6.07, 6.45) is -0.740. The largest absolute Gasteiger partial charge is 0.495 e. The van der Waals surface area contributed by atoms with E-state index in [0.29, 0.717) is 54.2 Å². The van der Waals surface area contributed by atoms with Crippen LogP contribution in [0.15, 0.2) is 48.9 Å². The van der Waals surface area contributed by atoms with Gasteiger partial charge in [0.05, 0.1) is 62.2 Å². The Hall–Kier alpha value is -4.53. The number of nitrogens with zero attached hydrogens (tertiary/aromatic N) is 5. The van der Waals surface area contributed by atoms with Crippen molar-refractivity contribution in [3.05, 3.63) is 65.7 Å². The van der Waals surface area contributed by atoms with Gasteiger partial charge in [0.25, 0.3) is 5.91 Å². The molecule has 5 aliphatic heterocycles. The van der Waals surface area contributed by atoms with Crippen molar-refractivity contribution in [3.63, 3.8) is 0 Å². The molecule has 8 bridgehead atoms. The van der Waals surface area contributed by atoms with Crippen LogP contribution >= 0.6 is 8.03 Å². The van der Waals surface area contributed by atoms with E-state index in [1.54, 1.807) is 41.3 Å². The minimum absolute atomic E-state index is 0.0114. The highest BCUT2D eigenvalue weighted by atomic mass is 31.1. The summed E-state index contributed by atoms with van der Waals surface area (Å²) in [5.41, 5.74) is 0.195. The number of rotatable bonds is 2. The maximum absolute atomic E-state index is 14.0. The molecular formula is C28H28F3N8O5P. The van der Waals surface area contributed by atoms with Crippen molar-refractivity contribution in [1.29, 1.82) is 0 Å². The van der Waals surface area contributed by atoms with E-state index in [2.05, 4.69) is 36.0 Å². The van der Waals surface area contributed by atoms with Crippen LogP contribution in [-0.4, -0.2) is 64.6 Å². The quantitative estimate of drug-likeness (QED) is 0.262. The standard InChI is InChI=1S/C28H28F3N8O5P/c1-32-25(40)23-21-6-5-19(35-23)17-8-34-39(10-17)12-27(13-43-14-27)15-44-45(41)11-16-3-4-20(22(7-16)42-2)37-26-33-9-18(28(29,30)31)24(36-21)38-26/h3-10,45H,11-15H2,1-2H3,(H,32,40)(H2,33,36,37,38). The number of nitrogens with one attached hydrogen (secondary N) is 3. The number of hydrogen-bond donors (Lipinski definition) is 3. The number of carbonyl (C=O) groups excluding carboxylic acids is 1. The Morgan fingerprint density at radius 3 is 2.62 bits per heavy atom. The average Bonchev–Trinajstić information content (AvgIpc) is 3.46. The summed E-state index contributed by atoms with van der Waals surface area (Å²) >= 11 is 0. The average molecular weight is 645 g/mol. The van der Waals surface area contributed by atoms with E-state index in [1.807, 2.05) is 0 Å². The Balaban J connectivity index is 1.46. The third-order valence-corrected chi connectivity index (χ3v) is 8.49. The number of pyridine rings is 1. The Morgan fingerprint density at radius 2 is 1.91 bits per heavy atom. The van der Waals surface area contributed by atoms with E-state index in [1.165, 1.54) is 20.2 Å². The summed E-state index contributed by atoms with van der Waals surface area (Å²) in [7, 11) is 0.302. The SMILES string of the molecule is CNC(=O)c1nc2ccc1Nc1nc(ncc1C(F)(F)F)Nc1ccc(cc1OC)C[PH](=O)OCC1(COC1)Cn1cc-2cn1. The van der Waals surface area contributed by atoms with Crippen LogP contribution in [0.25, 0.3) is 11.3 Å². The van der Waals surface area contributed by atoms with Crippen molar-refractivity contribution in [1.82, 2.24) is 30.0 Å². The van der Waals surface area contributed by atoms with Crippen molar-refractivity contribution in [2.24, 2.45) is 5.41 Å². The molecule has 1 unspecified atom stereocenters. The second-order valence-electron chi connectivity index (χ2n) is 10.7. The number of ether oxygens (including phenoxy) is 2. The Morgan fingerprint density at radius 1 is 1.11 bits per heavy atom. The summed E-state index contributed by atoms with van der Waals surface area (Å²) in [6.45, 7) is 1.40. The maximum atomic E-state index is 14.0. The van der Waals surface area contributed by atoms with Gasteiger partial charge in [-0.3, -0.25) is 14.0 Å². The van der Waals surface area contributed by atoms with Crippen LogP contribution in [0.1, 0.15) is 21.6 Å². The molecule has 1 saturated heterocycles. The first-order valence-electron chi connectivity index (χ1n) is 13.7. The van der Waals surface area contributed by atoms with Gasteiger partial charge < -0.3 is 29.9 Å². The minimum atomic E-state index is -4.82. The van der Waals surface area contributed by atoms with E-state index in [9.17, 15) is 22.5 Å². The van der Waals surface area contributed by atoms with Crippen molar-refractivity contribution in [2.75, 3.05) is 44.6 Å². The lowest BCUT2D eigenvalue weighted by molar-refractivity contribution is -0.140. The second-order valence-corrected chi connectivity index (χ2v) is 12.1. The summed E-state index contributed by atoms with van der Waals surface area (Å²) in [4.78, 5) is 25.3. The topological polar surface area (TPSA) is 154 Å². The molecule has 45 heavy (non-hydrogen) atoms. The van der Waals surface area contributed by atoms with Gasteiger partial charge in [0.15, 0.2) is 13.7 Å². The Labute approximate surface area is 255 Å². The van der Waals surface area contributed by atoms with Gasteiger partial charge in [0.2, 0.25) is 5.95 Å². The lowest BCUT2D eigenvalue weighted by Crippen LogP contribution is -2.49. The van der Waals surface area contributed by atoms with Crippen LogP contribution in [-0.2, 0) is 32.7 Å². The second kappa shape index (κ2) is 12.1. The van der Waals surface area contributed by atoms with Crippen molar-refractivity contribution < 1.29 is 36.5 Å². The number of carbonyl (C=O) groups is 1. The van der Waals surface area contributed by atoms with Gasteiger partial charge in [-0.25, -0.2) is 9.97 Å². The normalized spacial score (nSPS) is 17.8. The number of methoxy groups -OCH3 is 1. The van der Waals surface area contributed by atoms with Gasteiger partial charge in [-0.05, 0) is 29.8 Å². The maximum Gasteiger partial charge on any atom is 0.421 e. The highest BCUT2D eigenvalue weighted by molar-refractivity contribution is 7.38. The highest BCUT2D eigenvalue weighted by Crippen LogP contribution is 2.39. The first-order valence-corrected chi connectivity index (χ1v) is 15.2. The molecule has 17 heteroatoms. The molecule has 1 spiro atoms. The third kappa shape index (κ3) is 6.48. The van der Waals surface area contributed by atoms with E-state index >= 15 is 0 Å². The molecule has 3 aromatic heterocycles. The van der Waals surface area contributed by atoms with Crippen LogP contribution in [0.4, 0.5) is 36.3 Å². The van der Waals surface area contributed by atoms with Gasteiger partial charge in [-0.2, -0.15) is 23.3 Å². The molecule has 8 heterocycles. The lowest BCUT2D eigenvalue weighted by atomic mass is 9.87. The lowest BCUT2D eigenvalue weighted by Gasteiger charge is -2.40. The fourth-order valence-corrected chi connectivity index (χ4v) is 6.06. The van der Waals surface area contributed by atoms with Crippen LogP contribution in [0.5, 0.6) is 5.75 Å². The molecule has 4 aromatic rings. The molecule has 1 atom stereocenters. The number of hydrogen-bond acceptors (Lipinski definition) is 11.